The van der Waals surface area contributed by atoms with Crippen LogP contribution in [0, 0.1) is 0 Å². The van der Waals surface area contributed by atoms with E-state index < -0.39 is 0 Å². The monoisotopic (exact) mass is 179 g/mol. The van der Waals surface area contributed by atoms with Gasteiger partial charge in [0.2, 0.25) is 0 Å². The van der Waals surface area contributed by atoms with E-state index in [4.69, 9.17) is 4.42 Å². The van der Waals surface area contributed by atoms with Crippen molar-refractivity contribution in [2.45, 2.75) is 39.0 Å². The molecule has 0 N–H and O–H groups in total. The number of oxazole rings is 1. The summed E-state index contributed by atoms with van der Waals surface area (Å²) in [4.78, 5) is 15.7. The molecule has 0 unspecified atom stereocenters. The molecule has 3 heteroatoms. The summed E-state index contributed by atoms with van der Waals surface area (Å²) in [5.41, 5.74) is 0.861. The molecule has 0 aromatic carbocycles. The molecule has 0 saturated carbocycles. The molecule has 0 atom stereocenters. The minimum atomic E-state index is 0.112. The SMILES string of the molecule is CC(C)c1nc2c(o1)C(=O)CCC2. The highest BCUT2D eigenvalue weighted by Crippen LogP contribution is 2.24. The largest absolute Gasteiger partial charge is 0.437 e. The summed E-state index contributed by atoms with van der Waals surface area (Å²) in [5, 5.41) is 0. The summed E-state index contributed by atoms with van der Waals surface area (Å²) < 4.78 is 5.42. The molecular weight excluding hydrogens is 166 g/mol. The number of aryl methyl sites for hydroxylation is 1. The zero-order chi connectivity index (χ0) is 9.42. The van der Waals surface area contributed by atoms with E-state index in [1.54, 1.807) is 0 Å². The van der Waals surface area contributed by atoms with Gasteiger partial charge in [0.05, 0.1) is 5.69 Å². The fourth-order valence-corrected chi connectivity index (χ4v) is 1.53. The Balaban J connectivity index is 2.42. The van der Waals surface area contributed by atoms with Gasteiger partial charge in [-0.3, -0.25) is 4.79 Å². The Morgan fingerprint density at radius 1 is 1.38 bits per heavy atom. The third-order valence-electron chi connectivity index (χ3n) is 2.28. The van der Waals surface area contributed by atoms with Gasteiger partial charge in [0.25, 0.3) is 0 Å². The first-order chi connectivity index (χ1) is 6.18. The fraction of sp³-hybridized carbons (Fsp3) is 0.600. The predicted octanol–water partition coefficient (Wildman–Crippen LogP) is 2.32. The van der Waals surface area contributed by atoms with Gasteiger partial charge in [0.15, 0.2) is 17.4 Å². The van der Waals surface area contributed by atoms with Crippen LogP contribution in [0.5, 0.6) is 0 Å². The van der Waals surface area contributed by atoms with Crippen LogP contribution in [0.2, 0.25) is 0 Å². The molecular formula is C10H13NO2. The van der Waals surface area contributed by atoms with Crippen molar-refractivity contribution in [2.75, 3.05) is 0 Å². The van der Waals surface area contributed by atoms with E-state index in [1.807, 2.05) is 13.8 Å². The molecule has 1 aromatic rings. The first-order valence-corrected chi connectivity index (χ1v) is 4.71. The van der Waals surface area contributed by atoms with E-state index in [9.17, 15) is 4.79 Å². The van der Waals surface area contributed by atoms with Gasteiger partial charge in [0, 0.05) is 12.3 Å². The van der Waals surface area contributed by atoms with Crippen LogP contribution in [-0.2, 0) is 6.42 Å². The smallest absolute Gasteiger partial charge is 0.200 e. The molecule has 0 spiro atoms. The van der Waals surface area contributed by atoms with E-state index in [-0.39, 0.29) is 11.7 Å². The van der Waals surface area contributed by atoms with Gasteiger partial charge >= 0.3 is 0 Å². The Hall–Kier alpha value is -1.12. The predicted molar refractivity (Wildman–Crippen MR) is 47.9 cm³/mol. The standard InChI is InChI=1S/C10H13NO2/c1-6(2)10-11-7-4-3-5-8(12)9(7)13-10/h6H,3-5H2,1-2H3. The summed E-state index contributed by atoms with van der Waals surface area (Å²) in [6.45, 7) is 4.03. The highest BCUT2D eigenvalue weighted by Gasteiger charge is 2.24. The molecule has 0 amide bonds. The number of carbonyl (C=O) groups is 1. The number of nitrogens with zero attached hydrogens (tertiary/aromatic N) is 1. The minimum Gasteiger partial charge on any atom is -0.437 e. The third-order valence-corrected chi connectivity index (χ3v) is 2.28. The van der Waals surface area contributed by atoms with Gasteiger partial charge in [-0.25, -0.2) is 4.98 Å². The zero-order valence-corrected chi connectivity index (χ0v) is 7.96. The molecule has 1 aromatic heterocycles. The molecule has 13 heavy (non-hydrogen) atoms. The first kappa shape index (κ1) is 8.48. The van der Waals surface area contributed by atoms with Crippen LogP contribution in [0.3, 0.4) is 0 Å². The van der Waals surface area contributed by atoms with E-state index in [2.05, 4.69) is 4.98 Å². The molecule has 0 bridgehead atoms. The zero-order valence-electron chi connectivity index (χ0n) is 7.96. The molecule has 1 heterocycles. The quantitative estimate of drug-likeness (QED) is 0.664. The number of aromatic nitrogens is 1. The van der Waals surface area contributed by atoms with E-state index in [1.165, 1.54) is 0 Å². The number of carbonyl (C=O) groups excluding carboxylic acids is 1. The summed E-state index contributed by atoms with van der Waals surface area (Å²) in [5.74, 6) is 1.58. The van der Waals surface area contributed by atoms with Gasteiger partial charge in [-0.05, 0) is 12.8 Å². The summed E-state index contributed by atoms with van der Waals surface area (Å²) in [6.07, 6.45) is 2.41. The second-order valence-electron chi connectivity index (χ2n) is 3.76. The molecule has 3 nitrogen and oxygen atoms in total. The maximum Gasteiger partial charge on any atom is 0.200 e. The van der Waals surface area contributed by atoms with Crippen LogP contribution in [0.15, 0.2) is 4.42 Å². The first-order valence-electron chi connectivity index (χ1n) is 4.71. The Labute approximate surface area is 77.2 Å². The van der Waals surface area contributed by atoms with E-state index in [0.717, 1.165) is 18.5 Å². The van der Waals surface area contributed by atoms with E-state index in [0.29, 0.717) is 18.1 Å². The third kappa shape index (κ3) is 1.39. The van der Waals surface area contributed by atoms with Gasteiger partial charge < -0.3 is 4.42 Å². The summed E-state index contributed by atoms with van der Waals surface area (Å²) in [6, 6.07) is 0. The van der Waals surface area contributed by atoms with Crippen molar-refractivity contribution in [1.29, 1.82) is 0 Å². The Bertz CT molecular complexity index is 339. The highest BCUT2D eigenvalue weighted by molar-refractivity contribution is 5.95. The average molecular weight is 179 g/mol. The van der Waals surface area contributed by atoms with Crippen LogP contribution >= 0.6 is 0 Å². The Kier molecular flexibility index (Phi) is 1.94. The lowest BCUT2D eigenvalue weighted by Crippen LogP contribution is -2.08. The maximum atomic E-state index is 11.4. The van der Waals surface area contributed by atoms with Gasteiger partial charge in [-0.15, -0.1) is 0 Å². The number of ketones is 1. The molecule has 2 rings (SSSR count). The lowest BCUT2D eigenvalue weighted by Gasteiger charge is -2.04. The number of hydrogen-bond acceptors (Lipinski definition) is 3. The second kappa shape index (κ2) is 2.98. The number of fused-ring (bicyclic) bond motifs is 1. The van der Waals surface area contributed by atoms with Crippen LogP contribution in [0.25, 0.3) is 0 Å². The molecule has 0 aliphatic heterocycles. The van der Waals surface area contributed by atoms with Crippen molar-refractivity contribution in [1.82, 2.24) is 4.98 Å². The van der Waals surface area contributed by atoms with Crippen LogP contribution in [0.4, 0.5) is 0 Å². The van der Waals surface area contributed by atoms with Crippen LogP contribution < -0.4 is 0 Å². The van der Waals surface area contributed by atoms with Crippen molar-refractivity contribution < 1.29 is 9.21 Å². The Morgan fingerprint density at radius 3 is 2.77 bits per heavy atom. The summed E-state index contributed by atoms with van der Waals surface area (Å²) in [7, 11) is 0. The van der Waals surface area contributed by atoms with E-state index >= 15 is 0 Å². The average Bonchev–Trinajstić information content (AvgIpc) is 2.49. The number of rotatable bonds is 1. The molecule has 0 saturated heterocycles. The second-order valence-corrected chi connectivity index (χ2v) is 3.76. The van der Waals surface area contributed by atoms with Crippen molar-refractivity contribution in [3.63, 3.8) is 0 Å². The molecule has 0 fully saturated rings. The minimum absolute atomic E-state index is 0.112. The number of Topliss-reactive ketones (excluding diaryl/α,β-unsaturated/α-hetero) is 1. The summed E-state index contributed by atoms with van der Waals surface area (Å²) >= 11 is 0. The van der Waals surface area contributed by atoms with Crippen LogP contribution in [0.1, 0.15) is 54.7 Å². The highest BCUT2D eigenvalue weighted by atomic mass is 16.4. The molecule has 70 valence electrons. The fourth-order valence-electron chi connectivity index (χ4n) is 1.53. The Morgan fingerprint density at radius 2 is 2.15 bits per heavy atom. The van der Waals surface area contributed by atoms with Crippen molar-refractivity contribution in [2.24, 2.45) is 0 Å². The molecule has 1 aliphatic rings. The van der Waals surface area contributed by atoms with Crippen molar-refractivity contribution >= 4 is 5.78 Å². The van der Waals surface area contributed by atoms with Crippen molar-refractivity contribution in [3.8, 4) is 0 Å². The molecule has 1 aliphatic carbocycles. The topological polar surface area (TPSA) is 43.1 Å². The van der Waals surface area contributed by atoms with Gasteiger partial charge in [-0.2, -0.15) is 0 Å². The lowest BCUT2D eigenvalue weighted by molar-refractivity contribution is 0.0941. The molecule has 0 radical (unpaired) electrons. The van der Waals surface area contributed by atoms with Gasteiger partial charge in [-0.1, -0.05) is 13.8 Å². The normalized spacial score (nSPS) is 16.4. The van der Waals surface area contributed by atoms with Gasteiger partial charge in [0.1, 0.15) is 0 Å². The van der Waals surface area contributed by atoms with Crippen LogP contribution in [-0.4, -0.2) is 10.8 Å². The van der Waals surface area contributed by atoms with Crippen molar-refractivity contribution in [3.05, 3.63) is 17.3 Å². The number of hydrogen-bond donors (Lipinski definition) is 0. The maximum absolute atomic E-state index is 11.4. The lowest BCUT2D eigenvalue weighted by atomic mass is 10.0.